The van der Waals surface area contributed by atoms with Crippen molar-refractivity contribution in [3.63, 3.8) is 0 Å². The number of rotatable bonds is 9. The number of alkyl carbamates (subject to hydrolysis) is 1. The Labute approximate surface area is 178 Å². The van der Waals surface area contributed by atoms with Gasteiger partial charge in [-0.1, -0.05) is 20.8 Å². The van der Waals surface area contributed by atoms with Crippen LogP contribution in [0.3, 0.4) is 0 Å². The summed E-state index contributed by atoms with van der Waals surface area (Å²) in [5, 5.41) is 10.7. The van der Waals surface area contributed by atoms with Gasteiger partial charge in [-0.05, 0) is 43.9 Å². The normalized spacial score (nSPS) is 22.4. The second-order valence-corrected chi connectivity index (χ2v) is 8.74. The maximum atomic E-state index is 12.2. The highest BCUT2D eigenvalue weighted by Gasteiger charge is 2.41. The number of carbonyl (C=O) groups is 4. The van der Waals surface area contributed by atoms with Crippen LogP contribution in [0, 0.1) is 10.8 Å². The molecule has 0 aromatic rings. The summed E-state index contributed by atoms with van der Waals surface area (Å²) in [6, 6.07) is -0.522. The number of urea groups is 1. The van der Waals surface area contributed by atoms with Gasteiger partial charge in [0.25, 0.3) is 0 Å². The van der Waals surface area contributed by atoms with Crippen LogP contribution < -0.4 is 21.3 Å². The number of carbonyl (C=O) groups excluding carboxylic acids is 4. The number of hydrogen-bond donors (Lipinski definition) is 4. The Morgan fingerprint density at radius 2 is 1.57 bits per heavy atom. The van der Waals surface area contributed by atoms with Crippen molar-refractivity contribution in [3.8, 4) is 0 Å². The van der Waals surface area contributed by atoms with E-state index in [1.807, 2.05) is 0 Å². The van der Waals surface area contributed by atoms with Crippen LogP contribution >= 0.6 is 0 Å². The van der Waals surface area contributed by atoms with Crippen molar-refractivity contribution >= 4 is 24.0 Å². The standard InChI is InChI=1S/C20H36N4O6/c1-6-29-16(26)11-21-17(27)24-14-8-19(3,4)12-20(5,9-14)13-23-15(25)10-22-18(28)30-7-2/h14H,6-13H2,1-5H3,(H,22,28)(H,23,25)(H2,21,24,27). The highest BCUT2D eigenvalue weighted by molar-refractivity contribution is 5.82. The molecule has 1 aliphatic carbocycles. The molecule has 0 aromatic heterocycles. The maximum Gasteiger partial charge on any atom is 0.407 e. The van der Waals surface area contributed by atoms with Gasteiger partial charge in [0.15, 0.2) is 0 Å². The second kappa shape index (κ2) is 11.6. The lowest BCUT2D eigenvalue weighted by atomic mass is 9.62. The van der Waals surface area contributed by atoms with E-state index in [4.69, 9.17) is 9.47 Å². The van der Waals surface area contributed by atoms with E-state index in [-0.39, 0.29) is 49.1 Å². The topological polar surface area (TPSA) is 135 Å². The molecule has 172 valence electrons. The number of ether oxygens (including phenoxy) is 2. The first kappa shape index (κ1) is 25.5. The fraction of sp³-hybridized carbons (Fsp3) is 0.800. The third-order valence-electron chi connectivity index (χ3n) is 4.86. The first-order chi connectivity index (χ1) is 14.0. The third kappa shape index (κ3) is 9.80. The summed E-state index contributed by atoms with van der Waals surface area (Å²) < 4.78 is 9.52. The van der Waals surface area contributed by atoms with Gasteiger partial charge in [-0.2, -0.15) is 0 Å². The Kier molecular flexibility index (Phi) is 9.88. The molecule has 0 radical (unpaired) electrons. The molecule has 2 atom stereocenters. The average molecular weight is 429 g/mol. The molecule has 1 fully saturated rings. The quantitative estimate of drug-likeness (QED) is 0.409. The Balaban J connectivity index is 2.55. The number of nitrogens with one attached hydrogen (secondary N) is 4. The van der Waals surface area contributed by atoms with Crippen LogP contribution in [-0.4, -0.2) is 62.9 Å². The highest BCUT2D eigenvalue weighted by atomic mass is 16.5. The Morgan fingerprint density at radius 3 is 2.20 bits per heavy atom. The Morgan fingerprint density at radius 1 is 0.900 bits per heavy atom. The van der Waals surface area contributed by atoms with Gasteiger partial charge in [0.05, 0.1) is 19.8 Å². The van der Waals surface area contributed by atoms with E-state index in [1.54, 1.807) is 13.8 Å². The van der Waals surface area contributed by atoms with Crippen molar-refractivity contribution < 1.29 is 28.7 Å². The van der Waals surface area contributed by atoms with Crippen LogP contribution in [0.5, 0.6) is 0 Å². The summed E-state index contributed by atoms with van der Waals surface area (Å²) in [7, 11) is 0. The molecule has 1 aliphatic rings. The molecule has 0 aliphatic heterocycles. The van der Waals surface area contributed by atoms with Gasteiger partial charge in [0.1, 0.15) is 6.54 Å². The summed E-state index contributed by atoms with van der Waals surface area (Å²) in [4.78, 5) is 46.9. The smallest absolute Gasteiger partial charge is 0.407 e. The summed E-state index contributed by atoms with van der Waals surface area (Å²) in [6.45, 7) is 10.3. The molecule has 0 saturated heterocycles. The van der Waals surface area contributed by atoms with Gasteiger partial charge in [0, 0.05) is 12.6 Å². The van der Waals surface area contributed by atoms with Crippen LogP contribution in [-0.2, 0) is 19.1 Å². The molecular formula is C20H36N4O6. The Hall–Kier alpha value is -2.52. The van der Waals surface area contributed by atoms with Gasteiger partial charge >= 0.3 is 18.1 Å². The van der Waals surface area contributed by atoms with Crippen LogP contribution in [0.25, 0.3) is 0 Å². The summed E-state index contributed by atoms with van der Waals surface area (Å²) in [5.74, 6) is -0.787. The van der Waals surface area contributed by atoms with Crippen molar-refractivity contribution in [1.29, 1.82) is 0 Å². The molecular weight excluding hydrogens is 392 g/mol. The van der Waals surface area contributed by atoms with E-state index in [0.717, 1.165) is 12.8 Å². The van der Waals surface area contributed by atoms with E-state index in [2.05, 4.69) is 42.0 Å². The molecule has 4 N–H and O–H groups in total. The fourth-order valence-electron chi connectivity index (χ4n) is 4.18. The van der Waals surface area contributed by atoms with Gasteiger partial charge in [-0.25, -0.2) is 9.59 Å². The Bertz CT molecular complexity index is 624. The van der Waals surface area contributed by atoms with Crippen LogP contribution in [0.4, 0.5) is 9.59 Å². The minimum absolute atomic E-state index is 0.0417. The minimum Gasteiger partial charge on any atom is -0.465 e. The van der Waals surface area contributed by atoms with Crippen LogP contribution in [0.2, 0.25) is 0 Å². The molecule has 30 heavy (non-hydrogen) atoms. The maximum absolute atomic E-state index is 12.2. The number of hydrogen-bond acceptors (Lipinski definition) is 6. The minimum atomic E-state index is -0.629. The SMILES string of the molecule is CCOC(=O)CNC(=O)NC1CC(C)(C)CC(C)(CNC(=O)CNC(=O)OCC)C1. The molecule has 0 aromatic carbocycles. The van der Waals surface area contributed by atoms with Crippen LogP contribution in [0.1, 0.15) is 53.9 Å². The van der Waals surface area contributed by atoms with E-state index in [0.29, 0.717) is 13.0 Å². The molecule has 1 saturated carbocycles. The van der Waals surface area contributed by atoms with Gasteiger partial charge in [-0.3, -0.25) is 9.59 Å². The summed E-state index contributed by atoms with van der Waals surface area (Å²) >= 11 is 0. The summed E-state index contributed by atoms with van der Waals surface area (Å²) in [6.07, 6.45) is 1.70. The average Bonchev–Trinajstić information content (AvgIpc) is 2.62. The van der Waals surface area contributed by atoms with E-state index < -0.39 is 18.1 Å². The van der Waals surface area contributed by atoms with E-state index in [9.17, 15) is 19.2 Å². The van der Waals surface area contributed by atoms with E-state index in [1.165, 1.54) is 0 Å². The van der Waals surface area contributed by atoms with Crippen molar-refractivity contribution in [3.05, 3.63) is 0 Å². The second-order valence-electron chi connectivity index (χ2n) is 8.74. The summed E-state index contributed by atoms with van der Waals surface area (Å²) in [5.41, 5.74) is -0.277. The zero-order valence-corrected chi connectivity index (χ0v) is 18.7. The molecule has 4 amide bonds. The lowest BCUT2D eigenvalue weighted by molar-refractivity contribution is -0.141. The largest absolute Gasteiger partial charge is 0.465 e. The zero-order chi connectivity index (χ0) is 22.8. The molecule has 1 rings (SSSR count). The van der Waals surface area contributed by atoms with Crippen molar-refractivity contribution in [2.24, 2.45) is 10.8 Å². The molecule has 10 nitrogen and oxygen atoms in total. The molecule has 0 heterocycles. The number of amides is 4. The first-order valence-electron chi connectivity index (χ1n) is 10.4. The first-order valence-corrected chi connectivity index (χ1v) is 10.4. The van der Waals surface area contributed by atoms with Crippen molar-refractivity contribution in [2.75, 3.05) is 32.8 Å². The molecule has 2 unspecified atom stereocenters. The van der Waals surface area contributed by atoms with Crippen molar-refractivity contribution in [2.45, 2.75) is 59.9 Å². The van der Waals surface area contributed by atoms with Gasteiger partial charge in [-0.15, -0.1) is 0 Å². The predicted octanol–water partition coefficient (Wildman–Crippen LogP) is 1.30. The van der Waals surface area contributed by atoms with Crippen molar-refractivity contribution in [1.82, 2.24) is 21.3 Å². The third-order valence-corrected chi connectivity index (χ3v) is 4.86. The molecule has 0 spiro atoms. The van der Waals surface area contributed by atoms with Crippen LogP contribution in [0.15, 0.2) is 0 Å². The van der Waals surface area contributed by atoms with E-state index >= 15 is 0 Å². The lowest BCUT2D eigenvalue weighted by Crippen LogP contribution is -2.53. The molecule has 10 heteroatoms. The predicted molar refractivity (Wildman–Crippen MR) is 111 cm³/mol. The van der Waals surface area contributed by atoms with Gasteiger partial charge in [0.2, 0.25) is 5.91 Å². The monoisotopic (exact) mass is 428 g/mol. The fourth-order valence-corrected chi connectivity index (χ4v) is 4.18. The zero-order valence-electron chi connectivity index (χ0n) is 18.7. The van der Waals surface area contributed by atoms with Gasteiger partial charge < -0.3 is 30.7 Å². The lowest BCUT2D eigenvalue weighted by Gasteiger charge is -2.46. The number of esters is 1. The molecule has 0 bridgehead atoms. The highest BCUT2D eigenvalue weighted by Crippen LogP contribution is 2.45.